The predicted octanol–water partition coefficient (Wildman–Crippen LogP) is -4.79. The fourth-order valence-corrected chi connectivity index (χ4v) is 0.764. The molecule has 11 heavy (non-hydrogen) atoms. The molecule has 0 spiro atoms. The Hall–Kier alpha value is -0.360. The highest BCUT2D eigenvalue weighted by molar-refractivity contribution is 4.86. The van der Waals surface area contributed by atoms with Crippen molar-refractivity contribution in [3.8, 4) is 0 Å². The minimum absolute atomic E-state index is 0.838. The van der Waals surface area contributed by atoms with Crippen molar-refractivity contribution in [2.75, 3.05) is 0 Å². The van der Waals surface area contributed by atoms with Gasteiger partial charge in [0.05, 0.1) is 0 Å². The number of nitrogens with zero attached hydrogens (tertiary/aromatic N) is 3. The molecule has 1 heterocycles. The Morgan fingerprint density at radius 1 is 1.09 bits per heavy atom. The Balaban J connectivity index is 2.87. The summed E-state index contributed by atoms with van der Waals surface area (Å²) in [5, 5.41) is 2.61. The smallest absolute Gasteiger partial charge is 0.182 e. The van der Waals surface area contributed by atoms with Gasteiger partial charge in [-0.25, -0.2) is 11.7 Å². The van der Waals surface area contributed by atoms with Crippen LogP contribution in [0.3, 0.4) is 0 Å². The molecule has 1 unspecified atom stereocenters. The summed E-state index contributed by atoms with van der Waals surface area (Å²) in [5.41, 5.74) is 16.4. The Bertz CT molecular complexity index is 138. The largest absolute Gasteiger partial charge is 0.309 e. The van der Waals surface area contributed by atoms with Gasteiger partial charge >= 0.3 is 0 Å². The van der Waals surface area contributed by atoms with Crippen LogP contribution in [0.2, 0.25) is 0 Å². The van der Waals surface area contributed by atoms with Gasteiger partial charge in [0.15, 0.2) is 5.79 Å². The fraction of sp³-hybridized carbons (Fsp3) is 1.00. The molecule has 0 saturated carbocycles. The number of hydrogen-bond acceptors (Lipinski definition) is 9. The molecule has 1 aliphatic heterocycles. The lowest BCUT2D eigenvalue weighted by Crippen LogP contribution is -2.71. The molecule has 0 radical (unpaired) electrons. The highest BCUT2D eigenvalue weighted by Gasteiger charge is 2.48. The number of rotatable bonds is 0. The molecule has 1 rings (SSSR count). The van der Waals surface area contributed by atoms with Gasteiger partial charge in [-0.05, 0) is 0 Å². The first kappa shape index (κ1) is 8.73. The quantitative estimate of drug-likeness (QED) is 0.152. The molecular formula is C2H13N9. The third kappa shape index (κ3) is 1.01. The van der Waals surface area contributed by atoms with E-state index in [0.717, 1.165) is 15.5 Å². The molecule has 1 aliphatic rings. The molecule has 1 fully saturated rings. The van der Waals surface area contributed by atoms with E-state index in [1.54, 1.807) is 0 Å². The predicted molar refractivity (Wildman–Crippen MR) is 37.2 cm³/mol. The van der Waals surface area contributed by atoms with Gasteiger partial charge in [-0.3, -0.25) is 17.3 Å². The topological polar surface area (TPSA) is 166 Å². The average molecular weight is 163 g/mol. The monoisotopic (exact) mass is 163 g/mol. The zero-order chi connectivity index (χ0) is 8.81. The Morgan fingerprint density at radius 2 is 1.55 bits per heavy atom. The van der Waals surface area contributed by atoms with Crippen LogP contribution >= 0.6 is 0 Å². The van der Waals surface area contributed by atoms with E-state index in [1.165, 1.54) is 0 Å². The third-order valence-corrected chi connectivity index (χ3v) is 1.61. The molecule has 66 valence electrons. The molecule has 9 nitrogen and oxygen atoms in total. The van der Waals surface area contributed by atoms with Crippen LogP contribution < -0.4 is 34.7 Å². The third-order valence-electron chi connectivity index (χ3n) is 1.61. The van der Waals surface area contributed by atoms with Crippen LogP contribution in [0.15, 0.2) is 0 Å². The van der Waals surface area contributed by atoms with Gasteiger partial charge in [0, 0.05) is 0 Å². The van der Waals surface area contributed by atoms with Gasteiger partial charge in [0.2, 0.25) is 0 Å². The van der Waals surface area contributed by atoms with Crippen molar-refractivity contribution in [3.05, 3.63) is 0 Å². The average Bonchev–Trinajstić information content (AvgIpc) is 2.06. The second kappa shape index (κ2) is 2.31. The standard InChI is InChI=1S/C2H13N9/c3-1-2(4,5)10(7)11(8)9(1)6/h1H,3-8H2. The maximum absolute atomic E-state index is 5.46. The summed E-state index contributed by atoms with van der Waals surface area (Å²) in [6, 6.07) is 0. The minimum atomic E-state index is -1.45. The number of nitrogens with two attached hydrogens (primary N) is 6. The van der Waals surface area contributed by atoms with E-state index in [-0.39, 0.29) is 0 Å². The summed E-state index contributed by atoms with van der Waals surface area (Å²) in [7, 11) is 0. The zero-order valence-electron chi connectivity index (χ0n) is 5.88. The van der Waals surface area contributed by atoms with Crippen molar-refractivity contribution in [2.24, 2.45) is 34.7 Å². The van der Waals surface area contributed by atoms with E-state index in [4.69, 9.17) is 34.7 Å². The van der Waals surface area contributed by atoms with Crippen molar-refractivity contribution < 1.29 is 0 Å². The molecule has 0 aromatic heterocycles. The highest BCUT2D eigenvalue weighted by atomic mass is 16.1. The van der Waals surface area contributed by atoms with Crippen LogP contribution in [-0.2, 0) is 0 Å². The lowest BCUT2D eigenvalue weighted by molar-refractivity contribution is -0.153. The maximum atomic E-state index is 5.46. The lowest BCUT2D eigenvalue weighted by Gasteiger charge is -2.27. The maximum Gasteiger partial charge on any atom is 0.182 e. The lowest BCUT2D eigenvalue weighted by atomic mass is 10.3. The molecule has 0 bridgehead atoms. The van der Waals surface area contributed by atoms with E-state index < -0.39 is 12.0 Å². The molecule has 9 heteroatoms. The van der Waals surface area contributed by atoms with E-state index in [2.05, 4.69) is 0 Å². The first-order valence-electron chi connectivity index (χ1n) is 2.86. The van der Waals surface area contributed by atoms with Crippen LogP contribution in [0, 0.1) is 0 Å². The molecular weight excluding hydrogens is 150 g/mol. The molecule has 0 aromatic rings. The van der Waals surface area contributed by atoms with Crippen molar-refractivity contribution in [1.29, 1.82) is 0 Å². The Kier molecular flexibility index (Phi) is 1.84. The summed E-state index contributed by atoms with van der Waals surface area (Å²) < 4.78 is 0. The van der Waals surface area contributed by atoms with Gasteiger partial charge in [-0.2, -0.15) is 0 Å². The van der Waals surface area contributed by atoms with Gasteiger partial charge in [-0.1, -0.05) is 5.23 Å². The van der Waals surface area contributed by atoms with Crippen LogP contribution in [0.1, 0.15) is 0 Å². The molecule has 0 aromatic carbocycles. The second-order valence-corrected chi connectivity index (χ2v) is 2.38. The van der Waals surface area contributed by atoms with Crippen molar-refractivity contribution in [2.45, 2.75) is 12.0 Å². The minimum Gasteiger partial charge on any atom is -0.309 e. The first-order valence-corrected chi connectivity index (χ1v) is 2.86. The summed E-state index contributed by atoms with van der Waals surface area (Å²) in [6.07, 6.45) is -0.850. The summed E-state index contributed by atoms with van der Waals surface area (Å²) in [5.74, 6) is 14.5. The van der Waals surface area contributed by atoms with Crippen LogP contribution in [0.4, 0.5) is 0 Å². The molecule has 12 N–H and O–H groups in total. The Labute approximate surface area is 63.3 Å². The van der Waals surface area contributed by atoms with Gasteiger partial charge in [0.1, 0.15) is 6.17 Å². The highest BCUT2D eigenvalue weighted by Crippen LogP contribution is 2.13. The van der Waals surface area contributed by atoms with Crippen LogP contribution in [-0.4, -0.2) is 27.4 Å². The Morgan fingerprint density at radius 3 is 1.64 bits per heavy atom. The van der Waals surface area contributed by atoms with Gasteiger partial charge in [-0.15, -0.1) is 10.2 Å². The van der Waals surface area contributed by atoms with Crippen LogP contribution in [0.25, 0.3) is 0 Å². The summed E-state index contributed by atoms with van der Waals surface area (Å²) >= 11 is 0. The fourth-order valence-electron chi connectivity index (χ4n) is 0.764. The molecule has 1 atom stereocenters. The first-order chi connectivity index (χ1) is 4.89. The SMILES string of the molecule is NC1N(N)N(N)N(N)C1(N)N. The van der Waals surface area contributed by atoms with Gasteiger partial charge in [0.25, 0.3) is 0 Å². The van der Waals surface area contributed by atoms with Crippen LogP contribution in [0.5, 0.6) is 0 Å². The van der Waals surface area contributed by atoms with Crippen molar-refractivity contribution >= 4 is 0 Å². The number of hydrazine groups is 5. The summed E-state index contributed by atoms with van der Waals surface area (Å²) in [4.78, 5) is 0. The molecule has 0 amide bonds. The van der Waals surface area contributed by atoms with E-state index >= 15 is 0 Å². The van der Waals surface area contributed by atoms with E-state index in [9.17, 15) is 0 Å². The van der Waals surface area contributed by atoms with Gasteiger partial charge < -0.3 is 5.73 Å². The van der Waals surface area contributed by atoms with Crippen molar-refractivity contribution in [3.63, 3.8) is 0 Å². The molecule has 1 saturated heterocycles. The number of hydrogen-bond donors (Lipinski definition) is 6. The normalized spacial score (nSPS) is 34.9. The molecule has 0 aliphatic carbocycles. The zero-order valence-corrected chi connectivity index (χ0v) is 5.88. The van der Waals surface area contributed by atoms with E-state index in [1.807, 2.05) is 0 Å². The van der Waals surface area contributed by atoms with Crippen molar-refractivity contribution in [1.82, 2.24) is 15.5 Å². The summed E-state index contributed by atoms with van der Waals surface area (Å²) in [6.45, 7) is 0. The second-order valence-electron chi connectivity index (χ2n) is 2.38. The van der Waals surface area contributed by atoms with E-state index in [0.29, 0.717) is 0 Å².